The van der Waals surface area contributed by atoms with Crippen LogP contribution in [0.2, 0.25) is 0 Å². The zero-order chi connectivity index (χ0) is 18.8. The fraction of sp³-hybridized carbons (Fsp3) is 0.250. The molecule has 7 heteroatoms. The van der Waals surface area contributed by atoms with Gasteiger partial charge in [-0.25, -0.2) is 10.4 Å². The maximum absolute atomic E-state index is 12.7. The molecule has 0 saturated carbocycles. The molecule has 4 rings (SSSR count). The summed E-state index contributed by atoms with van der Waals surface area (Å²) in [6, 6.07) is 13.0. The van der Waals surface area contributed by atoms with Gasteiger partial charge in [-0.2, -0.15) is 5.10 Å². The first kappa shape index (κ1) is 17.1. The van der Waals surface area contributed by atoms with Gasteiger partial charge in [0.2, 0.25) is 5.95 Å². The Balaban J connectivity index is 1.67. The monoisotopic (exact) mass is 364 g/mol. The second-order valence-electron chi connectivity index (χ2n) is 6.17. The van der Waals surface area contributed by atoms with Gasteiger partial charge >= 0.3 is 0 Å². The Bertz CT molecular complexity index is 1090. The predicted octanol–water partition coefficient (Wildman–Crippen LogP) is 3.02. The quantitative estimate of drug-likeness (QED) is 0.569. The second-order valence-corrected chi connectivity index (χ2v) is 6.17. The molecule has 0 fully saturated rings. The van der Waals surface area contributed by atoms with E-state index in [2.05, 4.69) is 15.5 Å². The van der Waals surface area contributed by atoms with Gasteiger partial charge in [-0.05, 0) is 44.2 Å². The van der Waals surface area contributed by atoms with E-state index in [1.54, 1.807) is 10.6 Å². The minimum Gasteiger partial charge on any atom is -0.486 e. The number of aromatic nitrogens is 2. The summed E-state index contributed by atoms with van der Waals surface area (Å²) in [4.78, 5) is 17.2. The molecule has 1 aliphatic heterocycles. The van der Waals surface area contributed by atoms with Gasteiger partial charge in [0.1, 0.15) is 13.2 Å². The first-order valence-corrected chi connectivity index (χ1v) is 8.87. The lowest BCUT2D eigenvalue weighted by molar-refractivity contribution is 0.171. The molecule has 1 aromatic heterocycles. The van der Waals surface area contributed by atoms with Crippen LogP contribution in [0.5, 0.6) is 11.5 Å². The average Bonchev–Trinajstić information content (AvgIpc) is 2.71. The summed E-state index contributed by atoms with van der Waals surface area (Å²) in [7, 11) is 0. The third-order valence-electron chi connectivity index (χ3n) is 4.46. The van der Waals surface area contributed by atoms with Gasteiger partial charge < -0.3 is 9.47 Å². The summed E-state index contributed by atoms with van der Waals surface area (Å²) in [5, 5.41) is 5.01. The van der Waals surface area contributed by atoms with E-state index in [1.807, 2.05) is 50.2 Å². The summed E-state index contributed by atoms with van der Waals surface area (Å²) >= 11 is 0. The van der Waals surface area contributed by atoms with Gasteiger partial charge in [-0.3, -0.25) is 9.36 Å². The molecule has 1 aliphatic rings. The predicted molar refractivity (Wildman–Crippen MR) is 105 cm³/mol. The molecule has 0 bridgehead atoms. The van der Waals surface area contributed by atoms with E-state index in [4.69, 9.17) is 9.47 Å². The SMILES string of the molecule is CCn1c(N/N=C(/C)c2ccc3c(c2)OCCO3)nc2ccccc2c1=O. The Morgan fingerprint density at radius 2 is 1.96 bits per heavy atom. The van der Waals surface area contributed by atoms with Crippen molar-refractivity contribution in [1.29, 1.82) is 0 Å². The number of nitrogens with one attached hydrogen (secondary N) is 1. The number of fused-ring (bicyclic) bond motifs is 2. The maximum Gasteiger partial charge on any atom is 0.262 e. The van der Waals surface area contributed by atoms with Crippen LogP contribution in [0.3, 0.4) is 0 Å². The molecule has 2 heterocycles. The van der Waals surface area contributed by atoms with Crippen LogP contribution in [-0.4, -0.2) is 28.5 Å². The van der Waals surface area contributed by atoms with Crippen LogP contribution >= 0.6 is 0 Å². The van der Waals surface area contributed by atoms with E-state index in [9.17, 15) is 4.79 Å². The van der Waals surface area contributed by atoms with Crippen molar-refractivity contribution in [3.63, 3.8) is 0 Å². The number of hydrazone groups is 1. The van der Waals surface area contributed by atoms with Crippen molar-refractivity contribution in [1.82, 2.24) is 9.55 Å². The molecule has 0 spiro atoms. The number of para-hydroxylation sites is 1. The molecule has 0 saturated heterocycles. The third kappa shape index (κ3) is 3.23. The molecular formula is C20H20N4O3. The standard InChI is InChI=1S/C20H20N4O3/c1-3-24-19(25)15-6-4-5-7-16(15)21-20(24)23-22-13(2)14-8-9-17-18(12-14)27-11-10-26-17/h4-9,12H,3,10-11H2,1-2H3,(H,21,23)/b22-13-. The highest BCUT2D eigenvalue weighted by Crippen LogP contribution is 2.30. The molecule has 0 unspecified atom stereocenters. The molecule has 0 amide bonds. The Labute approximate surface area is 156 Å². The molecule has 2 aromatic carbocycles. The summed E-state index contributed by atoms with van der Waals surface area (Å²) in [6.07, 6.45) is 0. The van der Waals surface area contributed by atoms with E-state index in [-0.39, 0.29) is 5.56 Å². The van der Waals surface area contributed by atoms with Crippen LogP contribution < -0.4 is 20.5 Å². The number of nitrogens with zero attached hydrogens (tertiary/aromatic N) is 3. The average molecular weight is 364 g/mol. The molecular weight excluding hydrogens is 344 g/mol. The van der Waals surface area contributed by atoms with E-state index in [0.717, 1.165) is 17.0 Å². The lowest BCUT2D eigenvalue weighted by Crippen LogP contribution is -2.23. The number of hydrogen-bond acceptors (Lipinski definition) is 6. The Kier molecular flexibility index (Phi) is 4.50. The molecule has 1 N–H and O–H groups in total. The number of rotatable bonds is 4. The molecule has 7 nitrogen and oxygen atoms in total. The summed E-state index contributed by atoms with van der Waals surface area (Å²) in [6.45, 7) is 5.38. The summed E-state index contributed by atoms with van der Waals surface area (Å²) < 4.78 is 12.7. The summed E-state index contributed by atoms with van der Waals surface area (Å²) in [5.74, 6) is 1.86. The fourth-order valence-electron chi connectivity index (χ4n) is 3.01. The lowest BCUT2D eigenvalue weighted by Gasteiger charge is -2.18. The van der Waals surface area contributed by atoms with E-state index in [1.165, 1.54) is 0 Å². The Morgan fingerprint density at radius 1 is 1.19 bits per heavy atom. The molecule has 3 aromatic rings. The Hall–Kier alpha value is -3.35. The lowest BCUT2D eigenvalue weighted by atomic mass is 10.1. The van der Waals surface area contributed by atoms with Crippen molar-refractivity contribution >= 4 is 22.6 Å². The summed E-state index contributed by atoms with van der Waals surface area (Å²) in [5.41, 5.74) is 5.15. The van der Waals surface area contributed by atoms with Crippen molar-refractivity contribution in [2.75, 3.05) is 18.6 Å². The van der Waals surface area contributed by atoms with Gasteiger partial charge in [0.05, 0.1) is 16.6 Å². The highest BCUT2D eigenvalue weighted by molar-refractivity contribution is 5.99. The van der Waals surface area contributed by atoms with Crippen molar-refractivity contribution < 1.29 is 9.47 Å². The van der Waals surface area contributed by atoms with Gasteiger partial charge in [0.15, 0.2) is 11.5 Å². The molecule has 0 radical (unpaired) electrons. The van der Waals surface area contributed by atoms with E-state index < -0.39 is 0 Å². The van der Waals surface area contributed by atoms with Crippen LogP contribution in [-0.2, 0) is 6.54 Å². The van der Waals surface area contributed by atoms with Gasteiger partial charge in [0.25, 0.3) is 5.56 Å². The molecule has 0 aliphatic carbocycles. The topological polar surface area (TPSA) is 77.7 Å². The van der Waals surface area contributed by atoms with Crippen LogP contribution in [0.1, 0.15) is 19.4 Å². The van der Waals surface area contributed by atoms with Crippen LogP contribution in [0, 0.1) is 0 Å². The van der Waals surface area contributed by atoms with Crippen LogP contribution in [0.25, 0.3) is 10.9 Å². The number of anilines is 1. The first-order valence-electron chi connectivity index (χ1n) is 8.87. The minimum atomic E-state index is -0.0854. The van der Waals surface area contributed by atoms with Crippen LogP contribution in [0.15, 0.2) is 52.4 Å². The largest absolute Gasteiger partial charge is 0.486 e. The third-order valence-corrected chi connectivity index (χ3v) is 4.46. The van der Waals surface area contributed by atoms with Crippen molar-refractivity contribution in [2.45, 2.75) is 20.4 Å². The normalized spacial score (nSPS) is 13.6. The highest BCUT2D eigenvalue weighted by Gasteiger charge is 2.13. The fourth-order valence-corrected chi connectivity index (χ4v) is 3.01. The van der Waals surface area contributed by atoms with Gasteiger partial charge in [-0.1, -0.05) is 12.1 Å². The van der Waals surface area contributed by atoms with Crippen molar-refractivity contribution in [2.24, 2.45) is 5.10 Å². The molecule has 0 atom stereocenters. The number of benzene rings is 2. The number of hydrogen-bond donors (Lipinski definition) is 1. The minimum absolute atomic E-state index is 0.0854. The van der Waals surface area contributed by atoms with E-state index >= 15 is 0 Å². The first-order chi connectivity index (χ1) is 13.2. The number of ether oxygens (including phenoxy) is 2. The molecule has 138 valence electrons. The maximum atomic E-state index is 12.7. The smallest absolute Gasteiger partial charge is 0.262 e. The second kappa shape index (κ2) is 7.11. The van der Waals surface area contributed by atoms with Gasteiger partial charge in [0, 0.05) is 12.1 Å². The Morgan fingerprint density at radius 3 is 2.78 bits per heavy atom. The van der Waals surface area contributed by atoms with E-state index in [0.29, 0.717) is 42.4 Å². The van der Waals surface area contributed by atoms with Crippen LogP contribution in [0.4, 0.5) is 5.95 Å². The van der Waals surface area contributed by atoms with Crippen molar-refractivity contribution in [3.8, 4) is 11.5 Å². The zero-order valence-corrected chi connectivity index (χ0v) is 15.2. The molecule has 27 heavy (non-hydrogen) atoms. The van der Waals surface area contributed by atoms with Crippen molar-refractivity contribution in [3.05, 3.63) is 58.4 Å². The zero-order valence-electron chi connectivity index (χ0n) is 15.2. The highest BCUT2D eigenvalue weighted by atomic mass is 16.6. The van der Waals surface area contributed by atoms with Gasteiger partial charge in [-0.15, -0.1) is 0 Å².